The molecule has 2 aliphatic rings. The lowest BCUT2D eigenvalue weighted by molar-refractivity contribution is -0.986. The number of benzene rings is 2. The van der Waals surface area contributed by atoms with Crippen LogP contribution in [0.5, 0.6) is 23.0 Å². The fourth-order valence-electron chi connectivity index (χ4n) is 4.47. The van der Waals surface area contributed by atoms with Gasteiger partial charge in [-0.25, -0.2) is 10.6 Å². The van der Waals surface area contributed by atoms with Crippen molar-refractivity contribution in [3.05, 3.63) is 47.5 Å². The van der Waals surface area contributed by atoms with Gasteiger partial charge in [-0.2, -0.15) is 0 Å². The quantitative estimate of drug-likeness (QED) is 0.266. The van der Waals surface area contributed by atoms with Gasteiger partial charge in [0.1, 0.15) is 28.6 Å². The molecule has 2 aromatic carbocycles. The van der Waals surface area contributed by atoms with Crippen molar-refractivity contribution in [2.45, 2.75) is 30.8 Å². The molecule has 1 spiro atoms. The fraction of sp³-hybridized carbons (Fsp3) is 0.368. The first-order chi connectivity index (χ1) is 12.9. The molecule has 6 N–H and O–H groups in total. The largest absolute Gasteiger partial charge is 0.508 e. The first-order valence-electron chi connectivity index (χ1n) is 8.97. The number of aromatic hydroxyl groups is 4. The maximum atomic E-state index is 10.5. The molecule has 2 fully saturated rings. The standard InChI is InChI=1S/C19H22ClN3O4/c20-19-21-17(13-5-3-11(24)9-15(13)26)23(7-1-2-8-23)18(22-19)14-6-4-12(25)10-16(14)27/h3-6,9-10,17-19,21-22H,1-2,7-8H2,(H3-,24,25,26,27)/p+1. The number of hydrogen-bond acceptors (Lipinski definition) is 6. The van der Waals surface area contributed by atoms with Crippen LogP contribution in [0.3, 0.4) is 0 Å². The molecule has 2 heterocycles. The van der Waals surface area contributed by atoms with Crippen LogP contribution in [0.4, 0.5) is 0 Å². The summed E-state index contributed by atoms with van der Waals surface area (Å²) in [5, 5.41) is 46.9. The second-order valence-electron chi connectivity index (χ2n) is 7.24. The average Bonchev–Trinajstić information content (AvgIpc) is 3.08. The van der Waals surface area contributed by atoms with Crippen molar-refractivity contribution >= 4 is 11.6 Å². The highest BCUT2D eigenvalue weighted by molar-refractivity contribution is 6.20. The molecule has 8 heteroatoms. The van der Waals surface area contributed by atoms with Crippen LogP contribution in [0.1, 0.15) is 36.3 Å². The molecule has 4 rings (SSSR count). The lowest BCUT2D eigenvalue weighted by Gasteiger charge is -2.52. The molecule has 2 saturated heterocycles. The molecule has 0 bridgehead atoms. The molecule has 2 atom stereocenters. The van der Waals surface area contributed by atoms with Gasteiger partial charge in [-0.3, -0.25) is 4.48 Å². The van der Waals surface area contributed by atoms with Crippen molar-refractivity contribution in [1.29, 1.82) is 0 Å². The highest BCUT2D eigenvalue weighted by Gasteiger charge is 2.53. The topological polar surface area (TPSA) is 105 Å². The van der Waals surface area contributed by atoms with E-state index in [4.69, 9.17) is 11.6 Å². The summed E-state index contributed by atoms with van der Waals surface area (Å²) < 4.78 is 0.514. The van der Waals surface area contributed by atoms with E-state index in [1.807, 2.05) is 0 Å². The summed E-state index contributed by atoms with van der Waals surface area (Å²) in [6, 6.07) is 9.12. The van der Waals surface area contributed by atoms with Gasteiger partial charge in [0.2, 0.25) is 0 Å². The summed E-state index contributed by atoms with van der Waals surface area (Å²) in [5.74, 6) is -0.0192. The van der Waals surface area contributed by atoms with Crippen molar-refractivity contribution in [2.24, 2.45) is 0 Å². The highest BCUT2D eigenvalue weighted by Crippen LogP contribution is 2.47. The third kappa shape index (κ3) is 3.06. The second kappa shape index (κ2) is 6.76. The first kappa shape index (κ1) is 18.2. The van der Waals surface area contributed by atoms with Crippen molar-refractivity contribution in [2.75, 3.05) is 13.1 Å². The van der Waals surface area contributed by atoms with Crippen molar-refractivity contribution in [3.63, 3.8) is 0 Å². The van der Waals surface area contributed by atoms with E-state index in [0.717, 1.165) is 25.9 Å². The van der Waals surface area contributed by atoms with Crippen LogP contribution >= 0.6 is 11.6 Å². The maximum Gasteiger partial charge on any atom is 0.176 e. The van der Waals surface area contributed by atoms with Gasteiger partial charge in [0, 0.05) is 25.0 Å². The SMILES string of the molecule is Oc1ccc(C2NC(Cl)NC(c3ccc(O)cc3O)[N+]23CCCC3)c(O)c1. The van der Waals surface area contributed by atoms with Crippen LogP contribution in [-0.4, -0.2) is 43.6 Å². The number of rotatable bonds is 2. The van der Waals surface area contributed by atoms with Gasteiger partial charge >= 0.3 is 0 Å². The molecule has 0 aliphatic carbocycles. The minimum atomic E-state index is -0.592. The van der Waals surface area contributed by atoms with E-state index >= 15 is 0 Å². The summed E-state index contributed by atoms with van der Waals surface area (Å²) in [5.41, 5.74) is 0.695. The molecule has 7 nitrogen and oxygen atoms in total. The predicted octanol–water partition coefficient (Wildman–Crippen LogP) is 2.53. The van der Waals surface area contributed by atoms with Crippen LogP contribution in [0.15, 0.2) is 36.4 Å². The van der Waals surface area contributed by atoms with E-state index in [2.05, 4.69) is 10.6 Å². The molecule has 0 aromatic heterocycles. The minimum absolute atomic E-state index is 0.00338. The Kier molecular flexibility index (Phi) is 4.55. The Bertz CT molecular complexity index is 793. The van der Waals surface area contributed by atoms with Crippen LogP contribution in [0.25, 0.3) is 0 Å². The summed E-state index contributed by atoms with van der Waals surface area (Å²) in [4.78, 5) is 0. The van der Waals surface area contributed by atoms with Gasteiger partial charge in [0.25, 0.3) is 0 Å². The first-order valence-corrected chi connectivity index (χ1v) is 9.41. The van der Waals surface area contributed by atoms with E-state index in [9.17, 15) is 20.4 Å². The van der Waals surface area contributed by atoms with Crippen molar-refractivity contribution < 1.29 is 24.9 Å². The lowest BCUT2D eigenvalue weighted by Crippen LogP contribution is -2.67. The number of phenols is 4. The molecule has 27 heavy (non-hydrogen) atoms. The smallest absolute Gasteiger partial charge is 0.176 e. The molecule has 144 valence electrons. The third-order valence-electron chi connectivity index (χ3n) is 5.65. The number of quaternary nitrogens is 1. The molecule has 0 amide bonds. The van der Waals surface area contributed by atoms with E-state index in [-0.39, 0.29) is 35.3 Å². The average molecular weight is 393 g/mol. The zero-order chi connectivity index (χ0) is 19.2. The van der Waals surface area contributed by atoms with Crippen LogP contribution in [0, 0.1) is 0 Å². The fourth-order valence-corrected chi connectivity index (χ4v) is 4.71. The van der Waals surface area contributed by atoms with Gasteiger partial charge in [0.15, 0.2) is 12.3 Å². The molecule has 0 saturated carbocycles. The molecule has 2 unspecified atom stereocenters. The van der Waals surface area contributed by atoms with E-state index in [0.29, 0.717) is 15.6 Å². The molecular weight excluding hydrogens is 370 g/mol. The van der Waals surface area contributed by atoms with E-state index < -0.39 is 5.62 Å². The van der Waals surface area contributed by atoms with Gasteiger partial charge in [0.05, 0.1) is 24.2 Å². The zero-order valence-corrected chi connectivity index (χ0v) is 15.4. The molecule has 0 radical (unpaired) electrons. The number of alkyl halides is 1. The van der Waals surface area contributed by atoms with Crippen LogP contribution in [-0.2, 0) is 0 Å². The Labute approximate surface area is 162 Å². The zero-order valence-electron chi connectivity index (χ0n) is 14.6. The van der Waals surface area contributed by atoms with Crippen LogP contribution in [0.2, 0.25) is 0 Å². The molecular formula is C19H23ClN3O4+. The predicted molar refractivity (Wildman–Crippen MR) is 100 cm³/mol. The Morgan fingerprint density at radius 3 is 1.63 bits per heavy atom. The van der Waals surface area contributed by atoms with Crippen molar-refractivity contribution in [3.8, 4) is 23.0 Å². The van der Waals surface area contributed by atoms with Crippen LogP contribution < -0.4 is 10.6 Å². The number of phenolic OH excluding ortho intramolecular Hbond substituents is 4. The third-order valence-corrected chi connectivity index (χ3v) is 5.90. The lowest BCUT2D eigenvalue weighted by atomic mass is 10.0. The van der Waals surface area contributed by atoms with E-state index in [1.54, 1.807) is 24.3 Å². The number of hydrogen-bond donors (Lipinski definition) is 6. The Morgan fingerprint density at radius 1 is 0.778 bits per heavy atom. The molecule has 2 aliphatic heterocycles. The maximum absolute atomic E-state index is 10.5. The Hall–Kier alpha value is -2.19. The van der Waals surface area contributed by atoms with Gasteiger partial charge in [-0.05, 0) is 24.3 Å². The van der Waals surface area contributed by atoms with E-state index in [1.165, 1.54) is 12.1 Å². The summed E-state index contributed by atoms with van der Waals surface area (Å²) in [6.07, 6.45) is 1.35. The normalized spacial score (nSPS) is 27.1. The Morgan fingerprint density at radius 2 is 1.22 bits per heavy atom. The van der Waals surface area contributed by atoms with Gasteiger partial charge < -0.3 is 20.4 Å². The van der Waals surface area contributed by atoms with Crippen molar-refractivity contribution in [1.82, 2.24) is 10.6 Å². The number of nitrogens with one attached hydrogen (secondary N) is 2. The minimum Gasteiger partial charge on any atom is -0.508 e. The Balaban J connectivity index is 1.84. The number of halogens is 1. The summed E-state index contributed by atoms with van der Waals surface area (Å²) in [6.45, 7) is 1.64. The highest BCUT2D eigenvalue weighted by atomic mass is 35.5. The molecule has 2 aromatic rings. The second-order valence-corrected chi connectivity index (χ2v) is 7.68. The van der Waals surface area contributed by atoms with Gasteiger partial charge in [-0.15, -0.1) is 0 Å². The van der Waals surface area contributed by atoms with Gasteiger partial charge in [-0.1, -0.05) is 11.6 Å². The summed E-state index contributed by atoms with van der Waals surface area (Å²) in [7, 11) is 0. The monoisotopic (exact) mass is 392 g/mol. The number of nitrogens with zero attached hydrogens (tertiary/aromatic N) is 1. The summed E-state index contributed by atoms with van der Waals surface area (Å²) >= 11 is 6.44.